The van der Waals surface area contributed by atoms with Crippen LogP contribution in [0.3, 0.4) is 0 Å². The van der Waals surface area contributed by atoms with Crippen LogP contribution in [0.1, 0.15) is 77.2 Å². The predicted molar refractivity (Wildman–Crippen MR) is 135 cm³/mol. The van der Waals surface area contributed by atoms with Crippen LogP contribution in [0.4, 0.5) is 0 Å². The summed E-state index contributed by atoms with van der Waals surface area (Å²) < 4.78 is 10.5. The van der Waals surface area contributed by atoms with Gasteiger partial charge in [-0.3, -0.25) is 0 Å². The molecule has 4 nitrogen and oxygen atoms in total. The first kappa shape index (κ1) is 25.2. The first-order chi connectivity index (χ1) is 15.6. The van der Waals surface area contributed by atoms with E-state index in [1.807, 2.05) is 12.4 Å². The van der Waals surface area contributed by atoms with Crippen molar-refractivity contribution < 1.29 is 9.53 Å². The Balaban J connectivity index is 1.93. The number of aromatic nitrogens is 2. The summed E-state index contributed by atoms with van der Waals surface area (Å²) in [5, 5.41) is 0. The maximum atomic E-state index is 11.8. The van der Waals surface area contributed by atoms with Gasteiger partial charge in [0.2, 0.25) is 0 Å². The molecule has 1 aliphatic rings. The molecule has 1 aromatic carbocycles. The van der Waals surface area contributed by atoms with Crippen LogP contribution >= 0.6 is 0 Å². The van der Waals surface area contributed by atoms with Gasteiger partial charge in [0.25, 0.3) is 0 Å². The number of unbranched alkanes of at least 4 members (excludes halogenated alkanes) is 3. The Labute approximate surface area is 198 Å². The molecule has 174 valence electrons. The van der Waals surface area contributed by atoms with Gasteiger partial charge < -0.3 is 0 Å². The zero-order valence-corrected chi connectivity index (χ0v) is 23.3. The van der Waals surface area contributed by atoms with Crippen LogP contribution in [-0.4, -0.2) is 41.4 Å². The molecule has 0 amide bonds. The molecule has 0 N–H and O–H groups in total. The second kappa shape index (κ2) is 12.1. The number of ether oxygens (including phenoxy) is 1. The third-order valence-electron chi connectivity index (χ3n) is 7.13. The van der Waals surface area contributed by atoms with E-state index in [1.165, 1.54) is 73.8 Å². The third kappa shape index (κ3) is 5.92. The van der Waals surface area contributed by atoms with Crippen molar-refractivity contribution in [1.29, 1.82) is 0 Å². The number of rotatable bonds is 13. The van der Waals surface area contributed by atoms with Gasteiger partial charge in [0.05, 0.1) is 0 Å². The molecule has 0 saturated heterocycles. The average Bonchev–Trinajstić information content (AvgIpc) is 3.65. The van der Waals surface area contributed by atoms with Crippen molar-refractivity contribution in [2.75, 3.05) is 7.11 Å². The molecule has 0 bridgehead atoms. The zero-order valence-electron chi connectivity index (χ0n) is 20.4. The van der Waals surface area contributed by atoms with E-state index in [0.717, 1.165) is 12.1 Å². The number of carbonyl (C=O) groups is 1. The van der Waals surface area contributed by atoms with E-state index in [1.54, 1.807) is 0 Å². The van der Waals surface area contributed by atoms with Gasteiger partial charge >= 0.3 is 199 Å². The van der Waals surface area contributed by atoms with Crippen molar-refractivity contribution in [1.82, 2.24) is 9.97 Å². The first-order valence-corrected chi connectivity index (χ1v) is 20.1. The molecule has 1 aromatic heterocycles. The number of nitrogens with zero attached hydrogens (tertiary/aromatic N) is 2. The molecule has 2 unspecified atom stereocenters. The molecule has 3 rings (SSSR count). The SMILES string of the molecule is CCC[CH2][Sn]([CH2]CCC)([CH2]CCC)[c]1nccnc1-c1ccc(C2CC2C(=O)OC)cc1. The summed E-state index contributed by atoms with van der Waals surface area (Å²) in [6, 6.07) is 8.77. The van der Waals surface area contributed by atoms with Crippen molar-refractivity contribution in [3.8, 4) is 11.3 Å². The number of benzene rings is 1. The van der Waals surface area contributed by atoms with E-state index in [9.17, 15) is 4.79 Å². The summed E-state index contributed by atoms with van der Waals surface area (Å²) in [6.45, 7) is 6.93. The molecule has 32 heavy (non-hydrogen) atoms. The fraction of sp³-hybridized carbons (Fsp3) is 0.593. The van der Waals surface area contributed by atoms with Crippen LogP contribution in [0.25, 0.3) is 11.3 Å². The van der Waals surface area contributed by atoms with Crippen LogP contribution in [0, 0.1) is 5.92 Å². The van der Waals surface area contributed by atoms with Crippen LogP contribution in [-0.2, 0) is 9.53 Å². The van der Waals surface area contributed by atoms with Gasteiger partial charge in [0.1, 0.15) is 0 Å². The number of hydrogen-bond donors (Lipinski definition) is 0. The zero-order chi connectivity index (χ0) is 23.0. The maximum absolute atomic E-state index is 11.8. The molecule has 1 fully saturated rings. The van der Waals surface area contributed by atoms with Gasteiger partial charge in [0.15, 0.2) is 0 Å². The van der Waals surface area contributed by atoms with Gasteiger partial charge in [-0.05, 0) is 0 Å². The van der Waals surface area contributed by atoms with Crippen molar-refractivity contribution in [3.63, 3.8) is 0 Å². The van der Waals surface area contributed by atoms with E-state index in [2.05, 4.69) is 45.0 Å². The van der Waals surface area contributed by atoms with Crippen molar-refractivity contribution >= 4 is 28.1 Å². The third-order valence-corrected chi connectivity index (χ3v) is 22.3. The van der Waals surface area contributed by atoms with E-state index in [4.69, 9.17) is 14.7 Å². The van der Waals surface area contributed by atoms with Crippen molar-refractivity contribution in [2.45, 2.75) is 84.9 Å². The monoisotopic (exact) mass is 544 g/mol. The molecular formula is C27H40N2O2Sn. The number of methoxy groups -OCH3 is 1. The van der Waals surface area contributed by atoms with Gasteiger partial charge in [0, 0.05) is 0 Å². The molecule has 0 spiro atoms. The van der Waals surface area contributed by atoms with Crippen molar-refractivity contribution in [3.05, 3.63) is 42.2 Å². The summed E-state index contributed by atoms with van der Waals surface area (Å²) in [4.78, 5) is 21.8. The minimum atomic E-state index is -2.70. The summed E-state index contributed by atoms with van der Waals surface area (Å²) >= 11 is -2.70. The quantitative estimate of drug-likeness (QED) is 0.215. The second-order valence-electron chi connectivity index (χ2n) is 9.44. The molecule has 2 aromatic rings. The molecule has 1 aliphatic carbocycles. The number of esters is 1. The van der Waals surface area contributed by atoms with Crippen molar-refractivity contribution in [2.24, 2.45) is 5.92 Å². The topological polar surface area (TPSA) is 52.1 Å². The Morgan fingerprint density at radius 1 is 0.938 bits per heavy atom. The first-order valence-electron chi connectivity index (χ1n) is 12.6. The summed E-state index contributed by atoms with van der Waals surface area (Å²) in [5.74, 6) is 0.241. The van der Waals surface area contributed by atoms with Gasteiger partial charge in [-0.1, -0.05) is 0 Å². The molecule has 0 aliphatic heterocycles. The van der Waals surface area contributed by atoms with E-state index < -0.39 is 18.4 Å². The average molecular weight is 543 g/mol. The predicted octanol–water partition coefficient (Wildman–Crippen LogP) is 6.48. The standard InChI is InChI=1S/C15H13N2O2.3C4H9.Sn/c1-19-15(18)13-8-12(13)10-2-4-11(5-3-10)14-9-16-6-7-17-14;3*1-3-4-2;/h2-7,12-13H,8H2,1H3;3*1,3-4H2,2H3;. The second-order valence-corrected chi connectivity index (χ2v) is 22.4. The molecule has 2 atom stereocenters. The van der Waals surface area contributed by atoms with Gasteiger partial charge in [-0.2, -0.15) is 0 Å². The van der Waals surface area contributed by atoms with Gasteiger partial charge in [-0.15, -0.1) is 0 Å². The van der Waals surface area contributed by atoms with Crippen LogP contribution in [0.5, 0.6) is 0 Å². The normalized spacial score (nSPS) is 17.9. The van der Waals surface area contributed by atoms with E-state index in [-0.39, 0.29) is 11.9 Å². The summed E-state index contributed by atoms with van der Waals surface area (Å²) in [6.07, 6.45) is 12.4. The Bertz CT molecular complexity index is 846. The Morgan fingerprint density at radius 3 is 2.03 bits per heavy atom. The Kier molecular flexibility index (Phi) is 9.57. The van der Waals surface area contributed by atoms with Crippen LogP contribution in [0.2, 0.25) is 13.3 Å². The fourth-order valence-electron chi connectivity index (χ4n) is 5.08. The fourth-order valence-corrected chi connectivity index (χ4v) is 21.1. The minimum absolute atomic E-state index is 0.0268. The van der Waals surface area contributed by atoms with Crippen LogP contribution in [0.15, 0.2) is 36.7 Å². The molecule has 0 radical (unpaired) electrons. The van der Waals surface area contributed by atoms with E-state index in [0.29, 0.717) is 5.92 Å². The Morgan fingerprint density at radius 2 is 1.50 bits per heavy atom. The number of carbonyl (C=O) groups excluding carboxylic acids is 1. The molecular weight excluding hydrogens is 503 g/mol. The summed E-state index contributed by atoms with van der Waals surface area (Å²) in [7, 11) is 1.48. The van der Waals surface area contributed by atoms with Crippen LogP contribution < -0.4 is 3.71 Å². The number of hydrogen-bond acceptors (Lipinski definition) is 4. The molecule has 1 saturated carbocycles. The van der Waals surface area contributed by atoms with E-state index >= 15 is 0 Å². The molecule has 1 heterocycles. The Hall–Kier alpha value is -1.43. The molecule has 5 heteroatoms. The van der Waals surface area contributed by atoms with Gasteiger partial charge in [-0.25, -0.2) is 0 Å². The summed E-state index contributed by atoms with van der Waals surface area (Å²) in [5.41, 5.74) is 3.53.